The third kappa shape index (κ3) is 4.40. The Hall–Kier alpha value is -2.15. The topological polar surface area (TPSA) is 12.9 Å². The summed E-state index contributed by atoms with van der Waals surface area (Å²) in [5.41, 5.74) is 9.38. The van der Waals surface area contributed by atoms with Crippen LogP contribution in [0.3, 0.4) is 0 Å². The summed E-state index contributed by atoms with van der Waals surface area (Å²) in [6.45, 7) is 11.0. The SMILES string of the molecule is Cc1c(C)c(C)[c-](C)c1C.[IrH+2].[c-]1ccccc1-c1nccc2ccccc12. The maximum absolute atomic E-state index is 4.45. The minimum absolute atomic E-state index is 0. The van der Waals surface area contributed by atoms with E-state index in [9.17, 15) is 0 Å². The van der Waals surface area contributed by atoms with Crippen LogP contribution in [0, 0.1) is 40.7 Å². The summed E-state index contributed by atoms with van der Waals surface area (Å²) in [5, 5.41) is 2.39. The molecule has 0 aliphatic heterocycles. The molecule has 1 radical (unpaired) electrons. The Morgan fingerprint density at radius 2 is 1.44 bits per heavy atom. The van der Waals surface area contributed by atoms with Crippen molar-refractivity contribution in [3.05, 3.63) is 94.7 Å². The molecule has 1 heterocycles. The third-order valence-corrected chi connectivity index (χ3v) is 5.45. The molecule has 0 N–H and O–H groups in total. The first-order valence-electron chi connectivity index (χ1n) is 9.01. The second-order valence-corrected chi connectivity index (χ2v) is 6.78. The van der Waals surface area contributed by atoms with Gasteiger partial charge in [0.25, 0.3) is 0 Å². The molecule has 0 fully saturated rings. The van der Waals surface area contributed by atoms with Gasteiger partial charge in [0, 0.05) is 6.20 Å². The van der Waals surface area contributed by atoms with Gasteiger partial charge in [-0.3, -0.25) is 0 Å². The number of aromatic nitrogens is 1. The van der Waals surface area contributed by atoms with E-state index in [2.05, 4.69) is 57.8 Å². The smallest absolute Gasteiger partial charge is 0.0167 e. The molecule has 2 heteroatoms. The first kappa shape index (κ1) is 21.2. The second-order valence-electron chi connectivity index (χ2n) is 6.78. The van der Waals surface area contributed by atoms with E-state index in [0.717, 1.165) is 11.3 Å². The number of hydrogen-bond acceptors (Lipinski definition) is 1. The van der Waals surface area contributed by atoms with Crippen LogP contribution in [-0.4, -0.2) is 4.98 Å². The standard InChI is InChI=1S/C15H10N.C10H15.Ir.H/c1-2-7-13(8-3-1)15-14-9-5-4-6-12(14)10-11-16-15;1-6-7(2)9(4)10(5)8(6)3;;/h1-7,9-11H;1-5H3;;/q2*-1;+2;. The van der Waals surface area contributed by atoms with E-state index >= 15 is 0 Å². The maximum Gasteiger partial charge on any atom is 0.0167 e. The molecule has 3 aromatic carbocycles. The van der Waals surface area contributed by atoms with Gasteiger partial charge in [-0.1, -0.05) is 58.9 Å². The Balaban J connectivity index is 0.000000208. The molecule has 0 aliphatic carbocycles. The monoisotopic (exact) mass is 533 g/mol. The van der Waals surface area contributed by atoms with Crippen molar-refractivity contribution >= 4 is 10.8 Å². The summed E-state index contributed by atoms with van der Waals surface area (Å²) in [6.07, 6.45) is 1.85. The van der Waals surface area contributed by atoms with Gasteiger partial charge in [-0.05, 0) is 22.5 Å². The predicted octanol–water partition coefficient (Wildman–Crippen LogP) is 6.38. The zero-order chi connectivity index (χ0) is 18.7. The molecule has 0 spiro atoms. The molecule has 4 rings (SSSR count). The third-order valence-electron chi connectivity index (χ3n) is 5.45. The van der Waals surface area contributed by atoms with Crippen molar-refractivity contribution in [3.63, 3.8) is 0 Å². The summed E-state index contributed by atoms with van der Waals surface area (Å²) in [5.74, 6) is 0. The number of rotatable bonds is 1. The Bertz CT molecular complexity index is 944. The van der Waals surface area contributed by atoms with Crippen LogP contribution < -0.4 is 0 Å². The van der Waals surface area contributed by atoms with Crippen LogP contribution in [0.5, 0.6) is 0 Å². The van der Waals surface area contributed by atoms with Gasteiger partial charge >= 0.3 is 20.1 Å². The van der Waals surface area contributed by atoms with Crippen LogP contribution in [0.25, 0.3) is 22.0 Å². The van der Waals surface area contributed by atoms with E-state index in [1.54, 1.807) is 0 Å². The molecule has 0 saturated carbocycles. The zero-order valence-electron chi connectivity index (χ0n) is 16.6. The van der Waals surface area contributed by atoms with E-state index < -0.39 is 0 Å². The fourth-order valence-electron chi connectivity index (χ4n) is 3.28. The van der Waals surface area contributed by atoms with Gasteiger partial charge < -0.3 is 4.98 Å². The number of nitrogens with zero attached hydrogens (tertiary/aromatic N) is 1. The molecular formula is C25H26IrN. The van der Waals surface area contributed by atoms with Crippen LogP contribution >= 0.6 is 0 Å². The van der Waals surface area contributed by atoms with Gasteiger partial charge in [0.15, 0.2) is 0 Å². The summed E-state index contributed by atoms with van der Waals surface area (Å²) >= 11 is 0. The number of pyridine rings is 1. The van der Waals surface area contributed by atoms with Gasteiger partial charge in [0.2, 0.25) is 0 Å². The molecular weight excluding hydrogens is 506 g/mol. The van der Waals surface area contributed by atoms with Crippen molar-refractivity contribution < 1.29 is 20.1 Å². The number of hydrogen-bond donors (Lipinski definition) is 0. The van der Waals surface area contributed by atoms with Gasteiger partial charge in [0.1, 0.15) is 0 Å². The summed E-state index contributed by atoms with van der Waals surface area (Å²) in [6, 6.07) is 21.4. The van der Waals surface area contributed by atoms with Crippen LogP contribution in [0.2, 0.25) is 0 Å². The van der Waals surface area contributed by atoms with E-state index in [1.165, 1.54) is 38.6 Å². The Labute approximate surface area is 176 Å². The van der Waals surface area contributed by atoms with Crippen LogP contribution in [0.1, 0.15) is 27.8 Å². The number of benzene rings is 2. The molecule has 27 heavy (non-hydrogen) atoms. The number of fused-ring (bicyclic) bond motifs is 1. The molecule has 0 saturated heterocycles. The fourth-order valence-corrected chi connectivity index (χ4v) is 3.28. The van der Waals surface area contributed by atoms with E-state index in [1.807, 2.05) is 48.7 Å². The normalized spacial score (nSPS) is 10.1. The molecule has 1 nitrogen and oxygen atoms in total. The van der Waals surface area contributed by atoms with E-state index in [0.29, 0.717) is 0 Å². The van der Waals surface area contributed by atoms with Crippen molar-refractivity contribution in [2.45, 2.75) is 34.6 Å². The quantitative estimate of drug-likeness (QED) is 0.259. The van der Waals surface area contributed by atoms with Crippen molar-refractivity contribution in [3.8, 4) is 11.3 Å². The van der Waals surface area contributed by atoms with Crippen molar-refractivity contribution in [2.24, 2.45) is 0 Å². The molecule has 0 aliphatic rings. The van der Waals surface area contributed by atoms with E-state index in [4.69, 9.17) is 0 Å². The Morgan fingerprint density at radius 3 is 2.00 bits per heavy atom. The summed E-state index contributed by atoms with van der Waals surface area (Å²) in [4.78, 5) is 4.45. The van der Waals surface area contributed by atoms with Gasteiger partial charge in [-0.25, -0.2) is 0 Å². The minimum atomic E-state index is 0. The van der Waals surface area contributed by atoms with Crippen LogP contribution in [-0.2, 0) is 20.1 Å². The first-order valence-corrected chi connectivity index (χ1v) is 9.01. The van der Waals surface area contributed by atoms with Crippen molar-refractivity contribution in [1.82, 2.24) is 4.98 Å². The van der Waals surface area contributed by atoms with Gasteiger partial charge in [0.05, 0.1) is 0 Å². The largest absolute Gasteiger partial charge is 0.304 e. The summed E-state index contributed by atoms with van der Waals surface area (Å²) in [7, 11) is 0. The van der Waals surface area contributed by atoms with Crippen molar-refractivity contribution in [1.29, 1.82) is 0 Å². The average Bonchev–Trinajstić information content (AvgIpc) is 2.86. The molecule has 0 amide bonds. The van der Waals surface area contributed by atoms with Gasteiger partial charge in [-0.2, -0.15) is 27.8 Å². The van der Waals surface area contributed by atoms with Gasteiger partial charge in [-0.15, -0.1) is 35.9 Å². The Morgan fingerprint density at radius 1 is 0.815 bits per heavy atom. The van der Waals surface area contributed by atoms with Crippen molar-refractivity contribution in [2.75, 3.05) is 0 Å². The average molecular weight is 533 g/mol. The zero-order valence-corrected chi connectivity index (χ0v) is 19.1. The minimum Gasteiger partial charge on any atom is -0.304 e. The van der Waals surface area contributed by atoms with E-state index in [-0.39, 0.29) is 20.1 Å². The molecule has 1 aromatic heterocycles. The first-order chi connectivity index (χ1) is 12.5. The summed E-state index contributed by atoms with van der Waals surface area (Å²) < 4.78 is 0. The van der Waals surface area contributed by atoms with Crippen LogP contribution in [0.15, 0.2) is 60.8 Å². The molecule has 140 valence electrons. The fraction of sp³-hybridized carbons (Fsp3) is 0.200. The molecule has 0 unspecified atom stereocenters. The second kappa shape index (κ2) is 9.17. The van der Waals surface area contributed by atoms with Crippen LogP contribution in [0.4, 0.5) is 0 Å². The molecule has 0 bridgehead atoms. The predicted molar refractivity (Wildman–Crippen MR) is 113 cm³/mol. The molecule has 4 aromatic rings. The Kier molecular flexibility index (Phi) is 7.18. The molecule has 0 atom stereocenters. The maximum atomic E-state index is 4.45.